The van der Waals surface area contributed by atoms with Crippen LogP contribution in [0.4, 0.5) is 10.5 Å². The fraction of sp³-hybridized carbons (Fsp3) is 0.105. The highest BCUT2D eigenvalue weighted by molar-refractivity contribution is 14.1. The Balaban J connectivity index is 1.80. The van der Waals surface area contributed by atoms with Crippen LogP contribution < -0.4 is 15.4 Å². The molecule has 0 spiro atoms. The maximum absolute atomic E-state index is 12.2. The Kier molecular flexibility index (Phi) is 5.75. The van der Waals surface area contributed by atoms with Crippen LogP contribution in [0.1, 0.15) is 10.4 Å². The fourth-order valence-electron chi connectivity index (χ4n) is 2.61. The largest absolute Gasteiger partial charge is 0.496 e. The number of nitrogens with zero attached hydrogens (tertiary/aromatic N) is 2. The van der Waals surface area contributed by atoms with E-state index in [0.717, 1.165) is 14.8 Å². The van der Waals surface area contributed by atoms with Crippen molar-refractivity contribution in [2.45, 2.75) is 0 Å². The number of benzene rings is 2. The first-order chi connectivity index (χ1) is 13.0. The monoisotopic (exact) mass is 476 g/mol. The highest BCUT2D eigenvalue weighted by Crippen LogP contribution is 2.34. The minimum Gasteiger partial charge on any atom is -0.496 e. The molecular formula is C19H17IN4O3. The number of hydrogen-bond acceptors (Lipinski definition) is 4. The van der Waals surface area contributed by atoms with Crippen LogP contribution in [-0.2, 0) is 7.05 Å². The molecule has 2 aromatic carbocycles. The van der Waals surface area contributed by atoms with Crippen LogP contribution in [0.2, 0.25) is 0 Å². The predicted molar refractivity (Wildman–Crippen MR) is 111 cm³/mol. The van der Waals surface area contributed by atoms with Gasteiger partial charge >= 0.3 is 6.03 Å². The molecule has 0 aliphatic rings. The maximum atomic E-state index is 12.2. The van der Waals surface area contributed by atoms with Gasteiger partial charge in [0.1, 0.15) is 5.75 Å². The van der Waals surface area contributed by atoms with Crippen molar-refractivity contribution in [2.24, 2.45) is 7.05 Å². The summed E-state index contributed by atoms with van der Waals surface area (Å²) in [6.45, 7) is 0. The molecule has 27 heavy (non-hydrogen) atoms. The summed E-state index contributed by atoms with van der Waals surface area (Å²) in [6, 6.07) is 13.2. The topological polar surface area (TPSA) is 85.2 Å². The van der Waals surface area contributed by atoms with Gasteiger partial charge < -0.3 is 10.1 Å². The molecule has 0 bridgehead atoms. The highest BCUT2D eigenvalue weighted by Gasteiger charge is 2.16. The van der Waals surface area contributed by atoms with Gasteiger partial charge in [-0.1, -0.05) is 18.2 Å². The number of urea groups is 1. The van der Waals surface area contributed by atoms with Gasteiger partial charge in [0.2, 0.25) is 0 Å². The van der Waals surface area contributed by atoms with Crippen LogP contribution in [0, 0.1) is 3.57 Å². The van der Waals surface area contributed by atoms with Crippen molar-refractivity contribution in [1.29, 1.82) is 0 Å². The zero-order valence-corrected chi connectivity index (χ0v) is 16.9. The number of aryl methyl sites for hydroxylation is 1. The first-order valence-electron chi connectivity index (χ1n) is 8.03. The molecule has 0 atom stereocenters. The molecule has 3 rings (SSSR count). The van der Waals surface area contributed by atoms with Gasteiger partial charge in [0.25, 0.3) is 5.91 Å². The van der Waals surface area contributed by atoms with Crippen LogP contribution >= 0.6 is 22.6 Å². The van der Waals surface area contributed by atoms with E-state index in [1.54, 1.807) is 66.5 Å². The van der Waals surface area contributed by atoms with E-state index < -0.39 is 11.9 Å². The number of imide groups is 1. The zero-order valence-electron chi connectivity index (χ0n) is 14.7. The van der Waals surface area contributed by atoms with Crippen LogP contribution in [0.3, 0.4) is 0 Å². The summed E-state index contributed by atoms with van der Waals surface area (Å²) < 4.78 is 8.13. The van der Waals surface area contributed by atoms with Crippen LogP contribution in [0.25, 0.3) is 11.3 Å². The normalized spacial score (nSPS) is 10.3. The van der Waals surface area contributed by atoms with E-state index in [1.165, 1.54) is 0 Å². The summed E-state index contributed by atoms with van der Waals surface area (Å²) in [5.41, 5.74) is 2.60. The maximum Gasteiger partial charge on any atom is 0.326 e. The Morgan fingerprint density at radius 3 is 2.52 bits per heavy atom. The smallest absolute Gasteiger partial charge is 0.326 e. The van der Waals surface area contributed by atoms with E-state index in [1.807, 2.05) is 7.05 Å². The molecule has 0 aliphatic carbocycles. The highest BCUT2D eigenvalue weighted by atomic mass is 127. The summed E-state index contributed by atoms with van der Waals surface area (Å²) in [4.78, 5) is 24.3. The van der Waals surface area contributed by atoms with Gasteiger partial charge in [-0.15, -0.1) is 0 Å². The lowest BCUT2D eigenvalue weighted by Gasteiger charge is -2.13. The van der Waals surface area contributed by atoms with Gasteiger partial charge in [-0.05, 0) is 52.9 Å². The third-order valence-electron chi connectivity index (χ3n) is 3.87. The number of halogens is 1. The Hall–Kier alpha value is -2.88. The van der Waals surface area contributed by atoms with Crippen LogP contribution in [0.15, 0.2) is 54.7 Å². The molecule has 3 aromatic rings. The summed E-state index contributed by atoms with van der Waals surface area (Å²) in [7, 11) is 3.42. The Morgan fingerprint density at radius 1 is 1.15 bits per heavy atom. The van der Waals surface area contributed by atoms with Crippen molar-refractivity contribution in [2.75, 3.05) is 12.4 Å². The van der Waals surface area contributed by atoms with E-state index in [4.69, 9.17) is 4.74 Å². The second-order valence-electron chi connectivity index (χ2n) is 5.65. The van der Waals surface area contributed by atoms with Crippen molar-refractivity contribution < 1.29 is 14.3 Å². The Bertz CT molecular complexity index is 966. The van der Waals surface area contributed by atoms with E-state index in [-0.39, 0.29) is 0 Å². The number of anilines is 1. The molecule has 138 valence electrons. The van der Waals surface area contributed by atoms with Crippen LogP contribution in [-0.4, -0.2) is 28.8 Å². The number of methoxy groups -OCH3 is 1. The first kappa shape index (κ1) is 18.9. The number of carbonyl (C=O) groups excluding carboxylic acids is 2. The molecule has 7 nitrogen and oxygen atoms in total. The molecule has 1 heterocycles. The Labute approximate surface area is 169 Å². The number of hydrogen-bond donors (Lipinski definition) is 2. The third-order valence-corrected chi connectivity index (χ3v) is 4.66. The predicted octanol–water partition coefficient (Wildman–Crippen LogP) is 3.66. The minimum absolute atomic E-state index is 0.410. The number of carbonyl (C=O) groups is 2. The molecule has 1 aromatic heterocycles. The van der Waals surface area contributed by atoms with Gasteiger partial charge in [0.15, 0.2) is 0 Å². The molecule has 0 saturated carbocycles. The van der Waals surface area contributed by atoms with Gasteiger partial charge in [-0.2, -0.15) is 5.10 Å². The van der Waals surface area contributed by atoms with E-state index in [2.05, 4.69) is 38.3 Å². The zero-order chi connectivity index (χ0) is 19.4. The lowest BCUT2D eigenvalue weighted by atomic mass is 10.1. The summed E-state index contributed by atoms with van der Waals surface area (Å²) in [6.07, 6.45) is 1.75. The Morgan fingerprint density at radius 2 is 1.89 bits per heavy atom. The van der Waals surface area contributed by atoms with Crippen molar-refractivity contribution in [1.82, 2.24) is 15.1 Å². The van der Waals surface area contributed by atoms with E-state index >= 15 is 0 Å². The lowest BCUT2D eigenvalue weighted by molar-refractivity contribution is 0.0967. The second-order valence-corrected chi connectivity index (χ2v) is 6.82. The molecule has 0 saturated heterocycles. The second kappa shape index (κ2) is 8.21. The number of amides is 3. The molecule has 0 unspecified atom stereocenters. The standard InChI is InChI=1S/C19H17IN4O3/c1-24-17(15(20)11-21-24)14-10-13(8-9-16(14)27-2)22-19(26)23-18(25)12-6-4-3-5-7-12/h3-11H,1-2H3,(H2,22,23,25,26). The number of rotatable bonds is 4. The quantitative estimate of drug-likeness (QED) is 0.563. The minimum atomic E-state index is -0.611. The number of ether oxygens (including phenoxy) is 1. The molecule has 3 amide bonds. The first-order valence-corrected chi connectivity index (χ1v) is 9.10. The number of nitrogens with one attached hydrogen (secondary N) is 2. The van der Waals surface area contributed by atoms with E-state index in [0.29, 0.717) is 17.0 Å². The van der Waals surface area contributed by atoms with Crippen molar-refractivity contribution in [3.8, 4) is 17.0 Å². The van der Waals surface area contributed by atoms with Gasteiger partial charge in [-0.25, -0.2) is 4.79 Å². The average molecular weight is 476 g/mol. The lowest BCUT2D eigenvalue weighted by Crippen LogP contribution is -2.34. The van der Waals surface area contributed by atoms with Crippen molar-refractivity contribution in [3.05, 3.63) is 63.9 Å². The van der Waals surface area contributed by atoms with Gasteiger partial charge in [-0.3, -0.25) is 14.8 Å². The summed E-state index contributed by atoms with van der Waals surface area (Å²) >= 11 is 2.19. The fourth-order valence-corrected chi connectivity index (χ4v) is 3.38. The molecule has 0 aliphatic heterocycles. The van der Waals surface area contributed by atoms with Gasteiger partial charge in [0.05, 0.1) is 22.6 Å². The third kappa shape index (κ3) is 4.27. The molecule has 0 fully saturated rings. The average Bonchev–Trinajstić information content (AvgIpc) is 3.00. The molecule has 8 heteroatoms. The van der Waals surface area contributed by atoms with Crippen molar-refractivity contribution in [3.63, 3.8) is 0 Å². The molecular weight excluding hydrogens is 459 g/mol. The van der Waals surface area contributed by atoms with Crippen molar-refractivity contribution >= 4 is 40.2 Å². The van der Waals surface area contributed by atoms with Gasteiger partial charge in [0, 0.05) is 23.9 Å². The summed E-state index contributed by atoms with van der Waals surface area (Å²) in [5.74, 6) is 0.186. The van der Waals surface area contributed by atoms with Crippen LogP contribution in [0.5, 0.6) is 5.75 Å². The summed E-state index contributed by atoms with van der Waals surface area (Å²) in [5, 5.41) is 9.23. The van der Waals surface area contributed by atoms with E-state index in [9.17, 15) is 9.59 Å². The number of aromatic nitrogens is 2. The molecule has 0 radical (unpaired) electrons. The molecule has 2 N–H and O–H groups in total. The SMILES string of the molecule is COc1ccc(NC(=O)NC(=O)c2ccccc2)cc1-c1c(I)cnn1C.